The van der Waals surface area contributed by atoms with Gasteiger partial charge in [0.25, 0.3) is 5.91 Å². The molecule has 144 valence electrons. The van der Waals surface area contributed by atoms with Gasteiger partial charge in [-0.1, -0.05) is 28.1 Å². The number of halogens is 1. The number of carbonyl (C=O) groups excluding carboxylic acids is 1. The summed E-state index contributed by atoms with van der Waals surface area (Å²) in [6.45, 7) is 1.63. The van der Waals surface area contributed by atoms with E-state index in [2.05, 4.69) is 20.7 Å². The van der Waals surface area contributed by atoms with Crippen LogP contribution in [0.15, 0.2) is 51.8 Å². The van der Waals surface area contributed by atoms with Crippen molar-refractivity contribution in [1.29, 1.82) is 0 Å². The third-order valence-electron chi connectivity index (χ3n) is 4.45. The number of benzene rings is 2. The Bertz CT molecular complexity index is 940. The first-order chi connectivity index (χ1) is 12.9. The average Bonchev–Trinajstić information content (AvgIpc) is 3.21. The van der Waals surface area contributed by atoms with Crippen molar-refractivity contribution in [2.45, 2.75) is 24.3 Å². The van der Waals surface area contributed by atoms with Gasteiger partial charge in [0, 0.05) is 29.7 Å². The molecule has 27 heavy (non-hydrogen) atoms. The van der Waals surface area contributed by atoms with Gasteiger partial charge in [-0.2, -0.15) is 0 Å². The molecule has 8 heteroatoms. The zero-order chi connectivity index (χ0) is 19.4. The van der Waals surface area contributed by atoms with Gasteiger partial charge >= 0.3 is 0 Å². The number of rotatable bonds is 6. The lowest BCUT2D eigenvalue weighted by molar-refractivity contribution is 0.0792. The van der Waals surface area contributed by atoms with Crippen molar-refractivity contribution >= 4 is 31.9 Å². The predicted octanol–water partition coefficient (Wildman–Crippen LogP) is 3.17. The number of hydrogen-bond acceptors (Lipinski definition) is 4. The lowest BCUT2D eigenvalue weighted by Gasteiger charge is -2.16. The molecule has 0 aromatic heterocycles. The quantitative estimate of drug-likeness (QED) is 0.729. The number of carbonyl (C=O) groups is 1. The van der Waals surface area contributed by atoms with E-state index >= 15 is 0 Å². The van der Waals surface area contributed by atoms with Crippen LogP contribution in [0.25, 0.3) is 0 Å². The molecule has 2 aromatic carbocycles. The van der Waals surface area contributed by atoms with Crippen LogP contribution in [-0.4, -0.2) is 39.4 Å². The summed E-state index contributed by atoms with van der Waals surface area (Å²) in [5, 5.41) is 0. The molecule has 1 aliphatic heterocycles. The van der Waals surface area contributed by atoms with Crippen LogP contribution in [0.5, 0.6) is 5.75 Å². The Morgan fingerprint density at radius 2 is 1.93 bits per heavy atom. The van der Waals surface area contributed by atoms with Crippen molar-refractivity contribution < 1.29 is 17.9 Å². The summed E-state index contributed by atoms with van der Waals surface area (Å²) in [4.78, 5) is 14.4. The highest BCUT2D eigenvalue weighted by atomic mass is 79.9. The molecule has 3 rings (SSSR count). The van der Waals surface area contributed by atoms with Crippen molar-refractivity contribution in [3.8, 4) is 5.75 Å². The molecular formula is C19H21BrN2O4S. The van der Waals surface area contributed by atoms with E-state index in [0.717, 1.165) is 31.5 Å². The van der Waals surface area contributed by atoms with Crippen LogP contribution in [0.3, 0.4) is 0 Å². The van der Waals surface area contributed by atoms with Crippen LogP contribution in [0, 0.1) is 0 Å². The standard InChI is InChI=1S/C19H21BrN2O4S/c1-26-17-8-7-16(20)12-18(17)27(24,25)21-13-14-5-4-6-15(11-14)19(23)22-9-2-3-10-22/h4-8,11-12,21H,2-3,9-10,13H2,1H3. The summed E-state index contributed by atoms with van der Waals surface area (Å²) in [6.07, 6.45) is 2.05. The minimum Gasteiger partial charge on any atom is -0.495 e. The van der Waals surface area contributed by atoms with E-state index in [4.69, 9.17) is 4.74 Å². The zero-order valence-corrected chi connectivity index (χ0v) is 17.3. The van der Waals surface area contributed by atoms with Crippen molar-refractivity contribution in [3.63, 3.8) is 0 Å². The Hall–Kier alpha value is -1.90. The number of nitrogens with zero attached hydrogens (tertiary/aromatic N) is 1. The maximum atomic E-state index is 12.7. The Labute approximate surface area is 167 Å². The van der Waals surface area contributed by atoms with Crippen molar-refractivity contribution in [3.05, 3.63) is 58.1 Å². The van der Waals surface area contributed by atoms with Gasteiger partial charge in [-0.15, -0.1) is 0 Å². The molecule has 1 saturated heterocycles. The molecule has 0 bridgehead atoms. The number of ether oxygens (including phenoxy) is 1. The van der Waals surface area contributed by atoms with Gasteiger partial charge in [-0.25, -0.2) is 13.1 Å². The van der Waals surface area contributed by atoms with Gasteiger partial charge in [0.15, 0.2) is 0 Å². The zero-order valence-electron chi connectivity index (χ0n) is 14.9. The van der Waals surface area contributed by atoms with E-state index in [1.54, 1.807) is 36.4 Å². The van der Waals surface area contributed by atoms with Crippen LogP contribution in [0.4, 0.5) is 0 Å². The molecule has 6 nitrogen and oxygen atoms in total. The van der Waals surface area contributed by atoms with Gasteiger partial charge in [0.2, 0.25) is 10.0 Å². The fraction of sp³-hybridized carbons (Fsp3) is 0.316. The molecule has 2 aromatic rings. The summed E-state index contributed by atoms with van der Waals surface area (Å²) in [5.41, 5.74) is 1.30. The lowest BCUT2D eigenvalue weighted by Crippen LogP contribution is -2.28. The monoisotopic (exact) mass is 452 g/mol. The first-order valence-corrected chi connectivity index (χ1v) is 10.9. The van der Waals surface area contributed by atoms with Crippen molar-refractivity contribution in [2.24, 2.45) is 0 Å². The highest BCUT2D eigenvalue weighted by Crippen LogP contribution is 2.27. The number of likely N-dealkylation sites (tertiary alicyclic amines) is 1. The van der Waals surface area contributed by atoms with E-state index in [9.17, 15) is 13.2 Å². The summed E-state index contributed by atoms with van der Waals surface area (Å²) < 4.78 is 33.7. The Balaban J connectivity index is 1.75. The molecular weight excluding hydrogens is 432 g/mol. The molecule has 0 atom stereocenters. The van der Waals surface area contributed by atoms with Crippen LogP contribution in [0.2, 0.25) is 0 Å². The van der Waals surface area contributed by atoms with Crippen molar-refractivity contribution in [2.75, 3.05) is 20.2 Å². The Morgan fingerprint density at radius 1 is 1.19 bits per heavy atom. The normalized spacial score (nSPS) is 14.4. The van der Waals surface area contributed by atoms with E-state index in [1.165, 1.54) is 13.2 Å². The summed E-state index contributed by atoms with van der Waals surface area (Å²) >= 11 is 3.28. The maximum Gasteiger partial charge on any atom is 0.253 e. The van der Waals surface area contributed by atoms with Gasteiger partial charge in [0.1, 0.15) is 10.6 Å². The SMILES string of the molecule is COc1ccc(Br)cc1S(=O)(=O)NCc1cccc(C(=O)N2CCCC2)c1. The van der Waals surface area contributed by atoms with Crippen LogP contribution in [-0.2, 0) is 16.6 Å². The molecule has 1 amide bonds. The highest BCUT2D eigenvalue weighted by molar-refractivity contribution is 9.10. The van der Waals surface area contributed by atoms with Gasteiger partial charge in [0.05, 0.1) is 7.11 Å². The number of methoxy groups -OCH3 is 1. The number of nitrogens with one attached hydrogen (secondary N) is 1. The smallest absolute Gasteiger partial charge is 0.253 e. The number of sulfonamides is 1. The van der Waals surface area contributed by atoms with E-state index < -0.39 is 10.0 Å². The fourth-order valence-electron chi connectivity index (χ4n) is 3.03. The largest absolute Gasteiger partial charge is 0.495 e. The minimum absolute atomic E-state index is 0.00846. The van der Waals surface area contributed by atoms with Crippen LogP contribution < -0.4 is 9.46 Å². The first kappa shape index (κ1) is 19.9. The predicted molar refractivity (Wildman–Crippen MR) is 106 cm³/mol. The summed E-state index contributed by atoms with van der Waals surface area (Å²) in [5.74, 6) is 0.259. The summed E-state index contributed by atoms with van der Waals surface area (Å²) in [6, 6.07) is 11.9. The van der Waals surface area contributed by atoms with Gasteiger partial charge in [-0.3, -0.25) is 4.79 Å². The number of amides is 1. The van der Waals surface area contributed by atoms with Crippen LogP contribution >= 0.6 is 15.9 Å². The van der Waals surface area contributed by atoms with E-state index in [0.29, 0.717) is 10.0 Å². The molecule has 1 fully saturated rings. The van der Waals surface area contributed by atoms with Crippen molar-refractivity contribution in [1.82, 2.24) is 9.62 Å². The second-order valence-corrected chi connectivity index (χ2v) is 8.97. The molecule has 0 spiro atoms. The molecule has 1 N–H and O–H groups in total. The topological polar surface area (TPSA) is 75.7 Å². The molecule has 0 radical (unpaired) electrons. The number of hydrogen-bond donors (Lipinski definition) is 1. The van der Waals surface area contributed by atoms with Gasteiger partial charge in [-0.05, 0) is 48.7 Å². The third-order valence-corrected chi connectivity index (χ3v) is 6.36. The second-order valence-electron chi connectivity index (χ2n) is 6.32. The Kier molecular flexibility index (Phi) is 6.18. The minimum atomic E-state index is -3.77. The van der Waals surface area contributed by atoms with Crippen LogP contribution in [0.1, 0.15) is 28.8 Å². The molecule has 1 heterocycles. The molecule has 0 saturated carbocycles. The van der Waals surface area contributed by atoms with Gasteiger partial charge < -0.3 is 9.64 Å². The second kappa shape index (κ2) is 8.41. The fourth-order valence-corrected chi connectivity index (χ4v) is 4.76. The van der Waals surface area contributed by atoms with E-state index in [1.807, 2.05) is 4.90 Å². The van der Waals surface area contributed by atoms with E-state index in [-0.39, 0.29) is 23.1 Å². The average molecular weight is 453 g/mol. The lowest BCUT2D eigenvalue weighted by atomic mass is 10.1. The Morgan fingerprint density at radius 3 is 2.63 bits per heavy atom. The third kappa shape index (κ3) is 4.69. The maximum absolute atomic E-state index is 12.7. The molecule has 0 unspecified atom stereocenters. The molecule has 1 aliphatic rings. The molecule has 0 aliphatic carbocycles. The highest BCUT2D eigenvalue weighted by Gasteiger charge is 2.21. The summed E-state index contributed by atoms with van der Waals surface area (Å²) in [7, 11) is -2.35. The first-order valence-electron chi connectivity index (χ1n) is 8.62.